The molecule has 0 heteroatoms. The summed E-state index contributed by atoms with van der Waals surface area (Å²) < 4.78 is 0. The molecule has 0 bridgehead atoms. The highest BCUT2D eigenvalue weighted by atomic mass is 14.2. The van der Waals surface area contributed by atoms with Crippen LogP contribution in [0.1, 0.15) is 0 Å². The lowest BCUT2D eigenvalue weighted by atomic mass is 9.83. The van der Waals surface area contributed by atoms with Crippen LogP contribution in [-0.4, -0.2) is 0 Å². The highest BCUT2D eigenvalue weighted by Gasteiger charge is 2.20. The summed E-state index contributed by atoms with van der Waals surface area (Å²) in [5.41, 5.74) is 7.50. The van der Waals surface area contributed by atoms with Crippen LogP contribution in [0.5, 0.6) is 0 Å². The van der Waals surface area contributed by atoms with Gasteiger partial charge >= 0.3 is 0 Å². The molecule has 0 radical (unpaired) electrons. The van der Waals surface area contributed by atoms with E-state index in [1.165, 1.54) is 130 Å². The highest BCUT2D eigenvalue weighted by Crippen LogP contribution is 2.48. The molecular weight excluding hydrogens is 697 g/mol. The van der Waals surface area contributed by atoms with Crippen molar-refractivity contribution in [3.8, 4) is 33.4 Å². The van der Waals surface area contributed by atoms with Crippen LogP contribution in [0.15, 0.2) is 206 Å². The minimum atomic E-state index is 1.23. The van der Waals surface area contributed by atoms with Gasteiger partial charge in [-0.1, -0.05) is 182 Å². The lowest BCUT2D eigenvalue weighted by molar-refractivity contribution is 1.65. The molecule has 13 rings (SSSR count). The Morgan fingerprint density at radius 3 is 1.16 bits per heavy atom. The third kappa shape index (κ3) is 4.40. The molecule has 0 nitrogen and oxygen atoms in total. The second-order valence-electron chi connectivity index (χ2n) is 15.9. The summed E-state index contributed by atoms with van der Waals surface area (Å²) in [5.74, 6) is 0. The molecule has 0 amide bonds. The van der Waals surface area contributed by atoms with Gasteiger partial charge in [-0.15, -0.1) is 0 Å². The van der Waals surface area contributed by atoms with Crippen molar-refractivity contribution in [2.24, 2.45) is 0 Å². The molecule has 0 aliphatic carbocycles. The number of rotatable bonds is 3. The third-order valence-corrected chi connectivity index (χ3v) is 12.9. The first-order valence-electron chi connectivity index (χ1n) is 20.3. The van der Waals surface area contributed by atoms with Crippen LogP contribution in [0.25, 0.3) is 130 Å². The third-order valence-electron chi connectivity index (χ3n) is 12.9. The maximum atomic E-state index is 2.50. The Labute approximate surface area is 335 Å². The van der Waals surface area contributed by atoms with Crippen molar-refractivity contribution in [1.29, 1.82) is 0 Å². The summed E-state index contributed by atoms with van der Waals surface area (Å²) in [6.07, 6.45) is 0. The van der Waals surface area contributed by atoms with Gasteiger partial charge in [0.05, 0.1) is 0 Å². The predicted octanol–water partition coefficient (Wildman–Crippen LogP) is 16.5. The van der Waals surface area contributed by atoms with E-state index in [9.17, 15) is 0 Å². The van der Waals surface area contributed by atoms with Gasteiger partial charge in [-0.25, -0.2) is 0 Å². The van der Waals surface area contributed by atoms with Crippen LogP contribution >= 0.6 is 0 Å². The monoisotopic (exact) mass is 730 g/mol. The van der Waals surface area contributed by atoms with E-state index in [1.807, 2.05) is 0 Å². The van der Waals surface area contributed by atoms with Gasteiger partial charge in [-0.3, -0.25) is 0 Å². The smallest absolute Gasteiger partial charge is 0.00199 e. The van der Waals surface area contributed by atoms with Gasteiger partial charge in [0.25, 0.3) is 0 Å². The van der Waals surface area contributed by atoms with Crippen molar-refractivity contribution in [1.82, 2.24) is 0 Å². The van der Waals surface area contributed by atoms with Crippen LogP contribution < -0.4 is 0 Å². The molecule has 0 fully saturated rings. The summed E-state index contributed by atoms with van der Waals surface area (Å²) in [4.78, 5) is 0. The second-order valence-corrected chi connectivity index (χ2v) is 15.9. The standard InChI is InChI=1S/C58H34/c1-2-13-35(14-3-1)53-44-20-6-8-22-46(44)54(47-23-9-7-21-45(47)53)42-31-39-15-4-5-19-43(39)51(34-42)41-32-40-30-29-38-17-11-25-49-48-24-10-16-36-27-28-37-18-12-26-50(57(37)55(36)48)52(33-41)58(40)56(38)49/h1-34H. The van der Waals surface area contributed by atoms with E-state index in [0.29, 0.717) is 0 Å². The van der Waals surface area contributed by atoms with Crippen molar-refractivity contribution in [3.05, 3.63) is 206 Å². The van der Waals surface area contributed by atoms with E-state index in [4.69, 9.17) is 0 Å². The fourth-order valence-electron chi connectivity index (χ4n) is 10.5. The molecule has 13 aromatic rings. The predicted molar refractivity (Wildman–Crippen MR) is 251 cm³/mol. The summed E-state index contributed by atoms with van der Waals surface area (Å²) in [6, 6.07) is 77.4. The Bertz CT molecular complexity index is 3770. The normalized spacial score (nSPS) is 12.1. The Morgan fingerprint density at radius 1 is 0.190 bits per heavy atom. The van der Waals surface area contributed by atoms with Crippen molar-refractivity contribution in [2.45, 2.75) is 0 Å². The number of hydrogen-bond donors (Lipinski definition) is 0. The average molecular weight is 731 g/mol. The van der Waals surface area contributed by atoms with Crippen molar-refractivity contribution in [3.63, 3.8) is 0 Å². The zero-order valence-corrected chi connectivity index (χ0v) is 31.6. The van der Waals surface area contributed by atoms with Crippen molar-refractivity contribution < 1.29 is 0 Å². The zero-order chi connectivity index (χ0) is 37.9. The van der Waals surface area contributed by atoms with E-state index in [0.717, 1.165) is 0 Å². The topological polar surface area (TPSA) is 0 Å². The molecule has 0 saturated carbocycles. The fraction of sp³-hybridized carbons (Fsp3) is 0. The molecule has 13 aromatic carbocycles. The maximum absolute atomic E-state index is 2.50. The molecule has 0 saturated heterocycles. The van der Waals surface area contributed by atoms with E-state index >= 15 is 0 Å². The van der Waals surface area contributed by atoms with E-state index in [2.05, 4.69) is 206 Å². The van der Waals surface area contributed by atoms with Crippen LogP contribution in [0.4, 0.5) is 0 Å². The first-order valence-corrected chi connectivity index (χ1v) is 20.3. The fourth-order valence-corrected chi connectivity index (χ4v) is 10.5. The minimum Gasteiger partial charge on any atom is -0.0622 e. The Hall–Kier alpha value is -7.54. The Kier molecular flexibility index (Phi) is 6.54. The van der Waals surface area contributed by atoms with Crippen LogP contribution in [0.3, 0.4) is 0 Å². The lowest BCUT2D eigenvalue weighted by Gasteiger charge is -2.20. The van der Waals surface area contributed by atoms with Gasteiger partial charge < -0.3 is 0 Å². The van der Waals surface area contributed by atoms with Crippen LogP contribution in [0, 0.1) is 0 Å². The van der Waals surface area contributed by atoms with Crippen molar-refractivity contribution in [2.75, 3.05) is 0 Å². The maximum Gasteiger partial charge on any atom is -0.00199 e. The largest absolute Gasteiger partial charge is 0.0622 e. The quantitative estimate of drug-likeness (QED) is 0.125. The minimum absolute atomic E-state index is 1.23. The average Bonchev–Trinajstić information content (AvgIpc) is 3.29. The molecule has 266 valence electrons. The number of benzene rings is 12. The van der Waals surface area contributed by atoms with E-state index in [-0.39, 0.29) is 0 Å². The lowest BCUT2D eigenvalue weighted by Crippen LogP contribution is -1.92. The van der Waals surface area contributed by atoms with Gasteiger partial charge in [-0.2, -0.15) is 0 Å². The van der Waals surface area contributed by atoms with Crippen LogP contribution in [-0.2, 0) is 0 Å². The molecule has 0 unspecified atom stereocenters. The summed E-state index contributed by atoms with van der Waals surface area (Å²) >= 11 is 0. The zero-order valence-electron chi connectivity index (χ0n) is 31.6. The van der Waals surface area contributed by atoms with Gasteiger partial charge in [0.15, 0.2) is 0 Å². The number of hydrogen-bond acceptors (Lipinski definition) is 0. The van der Waals surface area contributed by atoms with Crippen LogP contribution in [0.2, 0.25) is 0 Å². The summed E-state index contributed by atoms with van der Waals surface area (Å²) in [6.45, 7) is 0. The first kappa shape index (κ1) is 31.6. The molecular formula is C58H34. The Balaban J connectivity index is 1.18. The molecule has 0 N–H and O–H groups in total. The highest BCUT2D eigenvalue weighted by molar-refractivity contribution is 6.37. The molecule has 0 heterocycles. The molecule has 0 spiro atoms. The van der Waals surface area contributed by atoms with Crippen molar-refractivity contribution >= 4 is 97.0 Å². The van der Waals surface area contributed by atoms with Gasteiger partial charge in [-0.05, 0) is 155 Å². The molecule has 58 heavy (non-hydrogen) atoms. The van der Waals surface area contributed by atoms with Gasteiger partial charge in [0, 0.05) is 0 Å². The van der Waals surface area contributed by atoms with E-state index < -0.39 is 0 Å². The summed E-state index contributed by atoms with van der Waals surface area (Å²) in [5, 5.41) is 23.1. The Morgan fingerprint density at radius 2 is 0.586 bits per heavy atom. The molecule has 0 aliphatic rings. The van der Waals surface area contributed by atoms with Gasteiger partial charge in [0.1, 0.15) is 0 Å². The van der Waals surface area contributed by atoms with Gasteiger partial charge in [0.2, 0.25) is 0 Å². The molecule has 0 atom stereocenters. The van der Waals surface area contributed by atoms with E-state index in [1.54, 1.807) is 0 Å². The number of fused-ring (bicyclic) bond motifs is 5. The SMILES string of the molecule is c1ccc(-c2c3ccccc3c(-c3cc(-c4cc5ccc6cccc7c8cccc9ccc%10cccc(c(c4)c5c67)c%10c98)c4ccccc4c3)c3ccccc23)cc1. The molecule has 0 aliphatic heterocycles. The summed E-state index contributed by atoms with van der Waals surface area (Å²) in [7, 11) is 0. The molecule has 0 aromatic heterocycles. The first-order chi connectivity index (χ1) is 28.8. The second kappa shape index (κ2) is 12.0.